The van der Waals surface area contributed by atoms with Crippen LogP contribution in [-0.4, -0.2) is 11.5 Å². The first-order valence-corrected chi connectivity index (χ1v) is 11.5. The van der Waals surface area contributed by atoms with E-state index in [-0.39, 0.29) is 5.25 Å². The maximum atomic E-state index is 6.07. The molecule has 0 aliphatic carbocycles. The molecule has 0 spiro atoms. The molecule has 0 aromatic heterocycles. The Morgan fingerprint density at radius 1 is 0.966 bits per heavy atom. The zero-order valence-electron chi connectivity index (χ0n) is 15.9. The minimum Gasteiger partial charge on any atom is -0.497 e. The van der Waals surface area contributed by atoms with Gasteiger partial charge in [-0.3, -0.25) is 0 Å². The van der Waals surface area contributed by atoms with E-state index in [4.69, 9.17) is 21.3 Å². The van der Waals surface area contributed by atoms with E-state index < -0.39 is 0 Å². The van der Waals surface area contributed by atoms with Crippen molar-refractivity contribution in [3.63, 3.8) is 0 Å². The van der Waals surface area contributed by atoms with Gasteiger partial charge in [0.15, 0.2) is 0 Å². The third-order valence-electron chi connectivity index (χ3n) is 4.54. The Balaban J connectivity index is 1.61. The fourth-order valence-electron chi connectivity index (χ4n) is 2.97. The molecule has 1 aliphatic heterocycles. The molecule has 3 aromatic carbocycles. The average molecular weight is 438 g/mol. The highest BCUT2D eigenvalue weighted by Crippen LogP contribution is 2.42. The average Bonchev–Trinajstić information content (AvgIpc) is 2.79. The van der Waals surface area contributed by atoms with Crippen molar-refractivity contribution in [3.8, 4) is 5.75 Å². The normalized spacial score (nSPS) is 16.1. The Morgan fingerprint density at radius 3 is 2.38 bits per heavy atom. The number of hydrogen-bond donors (Lipinski definition) is 0. The predicted molar refractivity (Wildman–Crippen MR) is 128 cm³/mol. The Labute approximate surface area is 185 Å². The summed E-state index contributed by atoms with van der Waals surface area (Å²) in [7, 11) is 1.69. The van der Waals surface area contributed by atoms with Crippen LogP contribution < -0.4 is 4.74 Å². The largest absolute Gasteiger partial charge is 0.497 e. The second-order valence-electron chi connectivity index (χ2n) is 6.52. The number of halogens is 1. The molecule has 1 unspecified atom stereocenters. The van der Waals surface area contributed by atoms with Gasteiger partial charge in [-0.05, 0) is 47.0 Å². The van der Waals surface area contributed by atoms with E-state index in [1.807, 2.05) is 42.5 Å². The van der Waals surface area contributed by atoms with Gasteiger partial charge in [-0.2, -0.15) is 0 Å². The van der Waals surface area contributed by atoms with Crippen LogP contribution in [0.5, 0.6) is 5.75 Å². The van der Waals surface area contributed by atoms with E-state index in [2.05, 4.69) is 42.5 Å². The van der Waals surface area contributed by atoms with Crippen LogP contribution in [0.2, 0.25) is 5.02 Å². The van der Waals surface area contributed by atoms with Crippen molar-refractivity contribution in [3.05, 3.63) is 107 Å². The lowest BCUT2D eigenvalue weighted by atomic mass is 10.1. The summed E-state index contributed by atoms with van der Waals surface area (Å²) in [6, 6.07) is 26.6. The molecule has 0 radical (unpaired) electrons. The maximum absolute atomic E-state index is 6.07. The lowest BCUT2D eigenvalue weighted by Crippen LogP contribution is -2.03. The molecule has 1 atom stereocenters. The van der Waals surface area contributed by atoms with Gasteiger partial charge in [0.25, 0.3) is 0 Å². The van der Waals surface area contributed by atoms with Crippen molar-refractivity contribution in [1.82, 2.24) is 0 Å². The number of methoxy groups -OCH3 is 1. The number of thioether (sulfide) groups is 2. The zero-order chi connectivity index (χ0) is 20.1. The van der Waals surface area contributed by atoms with E-state index in [1.54, 1.807) is 30.6 Å². The molecule has 0 bridgehead atoms. The Hall–Kier alpha value is -2.14. The van der Waals surface area contributed by atoms with Crippen LogP contribution in [0.4, 0.5) is 0 Å². The van der Waals surface area contributed by atoms with Crippen LogP contribution >= 0.6 is 35.1 Å². The van der Waals surface area contributed by atoms with Crippen LogP contribution in [0.25, 0.3) is 5.70 Å². The Kier molecular flexibility index (Phi) is 6.65. The van der Waals surface area contributed by atoms with Crippen LogP contribution in [-0.2, 0) is 5.75 Å². The molecule has 146 valence electrons. The molecule has 2 nitrogen and oxygen atoms in total. The third-order valence-corrected chi connectivity index (χ3v) is 7.20. The van der Waals surface area contributed by atoms with Crippen molar-refractivity contribution in [2.75, 3.05) is 7.11 Å². The number of rotatable bonds is 5. The van der Waals surface area contributed by atoms with Gasteiger partial charge in [0.05, 0.1) is 18.1 Å². The molecule has 0 amide bonds. The van der Waals surface area contributed by atoms with Crippen LogP contribution in [0, 0.1) is 0 Å². The topological polar surface area (TPSA) is 21.6 Å². The number of ether oxygens (including phenoxy) is 1. The molecule has 29 heavy (non-hydrogen) atoms. The van der Waals surface area contributed by atoms with Crippen LogP contribution in [0.1, 0.15) is 21.9 Å². The van der Waals surface area contributed by atoms with Gasteiger partial charge in [-0.15, -0.1) is 0 Å². The highest BCUT2D eigenvalue weighted by Gasteiger charge is 2.21. The van der Waals surface area contributed by atoms with E-state index in [1.165, 1.54) is 11.1 Å². The molecule has 1 heterocycles. The molecular formula is C24H20ClNOS2. The molecule has 0 fully saturated rings. The minimum atomic E-state index is 0.197. The highest BCUT2D eigenvalue weighted by molar-refractivity contribution is 8.38. The standard InChI is InChI=1S/C24H20ClNOS2/c1-27-21-13-9-19(10-14-21)23-15-22(18-7-11-20(25)12-8-18)26-24(29-23)28-16-17-5-3-2-4-6-17/h2-15,23H,16H2,1H3. The van der Waals surface area contributed by atoms with E-state index in [9.17, 15) is 0 Å². The van der Waals surface area contributed by atoms with Crippen molar-refractivity contribution < 1.29 is 4.74 Å². The summed E-state index contributed by atoms with van der Waals surface area (Å²) in [5, 5.41) is 0.927. The van der Waals surface area contributed by atoms with Crippen molar-refractivity contribution in [2.45, 2.75) is 11.0 Å². The van der Waals surface area contributed by atoms with Gasteiger partial charge in [-0.25, -0.2) is 4.99 Å². The number of benzene rings is 3. The van der Waals surface area contributed by atoms with Crippen molar-refractivity contribution in [2.24, 2.45) is 4.99 Å². The second kappa shape index (κ2) is 9.57. The first-order chi connectivity index (χ1) is 14.2. The van der Waals surface area contributed by atoms with Crippen molar-refractivity contribution >= 4 is 45.2 Å². The summed E-state index contributed by atoms with van der Waals surface area (Å²) in [5.74, 6) is 1.76. The molecular weight excluding hydrogens is 418 g/mol. The number of nitrogens with zero attached hydrogens (tertiary/aromatic N) is 1. The van der Waals surface area contributed by atoms with E-state index in [0.29, 0.717) is 0 Å². The van der Waals surface area contributed by atoms with E-state index in [0.717, 1.165) is 32.2 Å². The van der Waals surface area contributed by atoms with Crippen LogP contribution in [0.3, 0.4) is 0 Å². The lowest BCUT2D eigenvalue weighted by molar-refractivity contribution is 0.414. The fraction of sp³-hybridized carbons (Fsp3) is 0.125. The van der Waals surface area contributed by atoms with Gasteiger partial charge in [0, 0.05) is 10.8 Å². The number of hydrogen-bond acceptors (Lipinski definition) is 4. The first-order valence-electron chi connectivity index (χ1n) is 9.25. The molecule has 5 heteroatoms. The van der Waals surface area contributed by atoms with Crippen LogP contribution in [0.15, 0.2) is 89.9 Å². The smallest absolute Gasteiger partial charge is 0.131 e. The molecule has 4 rings (SSSR count). The quantitative estimate of drug-likeness (QED) is 0.413. The monoisotopic (exact) mass is 437 g/mol. The molecule has 3 aromatic rings. The highest BCUT2D eigenvalue weighted by atomic mass is 35.5. The Bertz CT molecular complexity index is 1020. The summed E-state index contributed by atoms with van der Waals surface area (Å²) in [6.45, 7) is 0. The second-order valence-corrected chi connectivity index (χ2v) is 9.31. The van der Waals surface area contributed by atoms with Gasteiger partial charge in [0.2, 0.25) is 0 Å². The van der Waals surface area contributed by atoms with Gasteiger partial charge in [-0.1, -0.05) is 89.7 Å². The van der Waals surface area contributed by atoms with Crippen molar-refractivity contribution in [1.29, 1.82) is 0 Å². The predicted octanol–water partition coefficient (Wildman–Crippen LogP) is 7.47. The summed E-state index contributed by atoms with van der Waals surface area (Å²) in [5.41, 5.74) is 4.59. The molecule has 0 saturated carbocycles. The summed E-state index contributed by atoms with van der Waals surface area (Å²) in [4.78, 5) is 4.94. The Morgan fingerprint density at radius 2 is 1.69 bits per heavy atom. The summed E-state index contributed by atoms with van der Waals surface area (Å²) >= 11 is 9.64. The summed E-state index contributed by atoms with van der Waals surface area (Å²) < 4.78 is 6.38. The van der Waals surface area contributed by atoms with Gasteiger partial charge >= 0.3 is 0 Å². The zero-order valence-corrected chi connectivity index (χ0v) is 18.3. The molecule has 0 saturated heterocycles. The third kappa shape index (κ3) is 5.27. The first kappa shape index (κ1) is 20.1. The number of aliphatic imine (C=N–C) groups is 1. The van der Waals surface area contributed by atoms with Gasteiger partial charge in [0.1, 0.15) is 10.1 Å². The molecule has 1 aliphatic rings. The molecule has 0 N–H and O–H groups in total. The van der Waals surface area contributed by atoms with E-state index >= 15 is 0 Å². The lowest BCUT2D eigenvalue weighted by Gasteiger charge is -2.21. The maximum Gasteiger partial charge on any atom is 0.131 e. The fourth-order valence-corrected chi connectivity index (χ4v) is 5.36. The van der Waals surface area contributed by atoms with Gasteiger partial charge < -0.3 is 4.74 Å². The SMILES string of the molecule is COc1ccc(C2C=C(c3ccc(Cl)cc3)N=C(SCc3ccccc3)S2)cc1. The minimum absolute atomic E-state index is 0.197. The summed E-state index contributed by atoms with van der Waals surface area (Å²) in [6.07, 6.45) is 2.22.